The molecule has 0 spiro atoms. The van der Waals surface area contributed by atoms with Crippen LogP contribution in [0.4, 0.5) is 0 Å². The topological polar surface area (TPSA) is 0 Å². The molecule has 0 radical (unpaired) electrons. The van der Waals surface area contributed by atoms with Crippen LogP contribution in [0.2, 0.25) is 0 Å². The summed E-state index contributed by atoms with van der Waals surface area (Å²) in [6, 6.07) is 0. The van der Waals surface area contributed by atoms with Gasteiger partial charge in [-0.1, -0.05) is 134 Å². The Labute approximate surface area is 193 Å². The lowest BCUT2D eigenvalue weighted by Crippen LogP contribution is -1.82. The van der Waals surface area contributed by atoms with E-state index in [1.54, 1.807) is 11.1 Å². The molecule has 0 nitrogen and oxygen atoms in total. The van der Waals surface area contributed by atoms with Gasteiger partial charge in [-0.25, -0.2) is 0 Å². The van der Waals surface area contributed by atoms with E-state index >= 15 is 0 Å². The van der Waals surface area contributed by atoms with E-state index in [-0.39, 0.29) is 0 Å². The maximum atomic E-state index is 2.45. The predicted molar refractivity (Wildman–Crippen MR) is 143 cm³/mol. The highest BCUT2D eigenvalue weighted by molar-refractivity contribution is 4.97. The van der Waals surface area contributed by atoms with Gasteiger partial charge in [-0.3, -0.25) is 0 Å². The average Bonchev–Trinajstić information content (AvgIpc) is 2.75. The van der Waals surface area contributed by atoms with Crippen molar-refractivity contribution in [3.63, 3.8) is 0 Å². The molecule has 180 valence electrons. The number of allylic oxidation sites excluding steroid dienone is 4. The second-order valence-electron chi connectivity index (χ2n) is 9.42. The van der Waals surface area contributed by atoms with Crippen molar-refractivity contribution >= 4 is 0 Å². The van der Waals surface area contributed by atoms with Crippen molar-refractivity contribution in [2.45, 2.75) is 170 Å². The highest BCUT2D eigenvalue weighted by atomic mass is 14.0. The molecule has 0 heterocycles. The van der Waals surface area contributed by atoms with Crippen molar-refractivity contribution in [3.8, 4) is 0 Å². The van der Waals surface area contributed by atoms with Gasteiger partial charge in [0.1, 0.15) is 0 Å². The summed E-state index contributed by atoms with van der Waals surface area (Å²) in [4.78, 5) is 0. The number of rotatable bonds is 20. The Morgan fingerprint density at radius 1 is 0.400 bits per heavy atom. The number of unbranched alkanes of at least 4 members (excludes halogenated alkanes) is 14. The minimum atomic E-state index is 1.27. The quantitative estimate of drug-likeness (QED) is 0.136. The van der Waals surface area contributed by atoms with Gasteiger partial charge >= 0.3 is 0 Å². The lowest BCUT2D eigenvalue weighted by molar-refractivity contribution is 0.588. The second-order valence-corrected chi connectivity index (χ2v) is 9.42. The van der Waals surface area contributed by atoms with Gasteiger partial charge in [0.15, 0.2) is 0 Å². The van der Waals surface area contributed by atoms with Crippen molar-refractivity contribution in [3.05, 3.63) is 23.3 Å². The SMILES string of the molecule is CCCC=C(C)CCCCCCCCC.CCCCCCCCC=C(C)CCCC. The zero-order chi connectivity index (χ0) is 22.7. The minimum Gasteiger partial charge on any atom is -0.0856 e. The van der Waals surface area contributed by atoms with Crippen molar-refractivity contribution in [2.24, 2.45) is 0 Å². The Morgan fingerprint density at radius 2 is 0.800 bits per heavy atom. The molecule has 0 saturated heterocycles. The number of hydrogen-bond donors (Lipinski definition) is 0. The summed E-state index contributed by atoms with van der Waals surface area (Å²) < 4.78 is 0. The van der Waals surface area contributed by atoms with Gasteiger partial charge in [0.05, 0.1) is 0 Å². The van der Waals surface area contributed by atoms with E-state index in [2.05, 4.69) is 53.7 Å². The highest BCUT2D eigenvalue weighted by Crippen LogP contribution is 2.13. The first-order valence-electron chi connectivity index (χ1n) is 13.9. The third-order valence-electron chi connectivity index (χ3n) is 5.93. The maximum absolute atomic E-state index is 2.45. The van der Waals surface area contributed by atoms with Gasteiger partial charge in [0.2, 0.25) is 0 Å². The third kappa shape index (κ3) is 29.7. The number of hydrogen-bond acceptors (Lipinski definition) is 0. The van der Waals surface area contributed by atoms with Crippen molar-refractivity contribution < 1.29 is 0 Å². The normalized spacial score (nSPS) is 12.1. The molecule has 0 aliphatic rings. The average molecular weight is 421 g/mol. The molecule has 0 aliphatic heterocycles. The molecule has 0 aromatic rings. The molecule has 0 amide bonds. The summed E-state index contributed by atoms with van der Waals surface area (Å²) in [5, 5.41) is 0. The van der Waals surface area contributed by atoms with Crippen LogP contribution in [0.3, 0.4) is 0 Å². The third-order valence-corrected chi connectivity index (χ3v) is 5.93. The van der Waals surface area contributed by atoms with Crippen LogP contribution in [0.5, 0.6) is 0 Å². The zero-order valence-corrected chi connectivity index (χ0v) is 22.3. The fraction of sp³-hybridized carbons (Fsp3) is 0.867. The first kappa shape index (κ1) is 31.7. The molecule has 0 atom stereocenters. The first-order valence-corrected chi connectivity index (χ1v) is 13.9. The van der Waals surface area contributed by atoms with Crippen molar-refractivity contribution in [2.75, 3.05) is 0 Å². The molecule has 0 aromatic heterocycles. The van der Waals surface area contributed by atoms with E-state index in [0.717, 1.165) is 0 Å². The summed E-state index contributed by atoms with van der Waals surface area (Å²) in [6.45, 7) is 13.6. The second kappa shape index (κ2) is 28.5. The Hall–Kier alpha value is -0.520. The van der Waals surface area contributed by atoms with Crippen LogP contribution in [-0.4, -0.2) is 0 Å². The van der Waals surface area contributed by atoms with Crippen LogP contribution in [0, 0.1) is 0 Å². The Morgan fingerprint density at radius 3 is 1.30 bits per heavy atom. The molecule has 0 fully saturated rings. The summed E-state index contributed by atoms with van der Waals surface area (Å²) in [6.07, 6.45) is 32.5. The summed E-state index contributed by atoms with van der Waals surface area (Å²) in [5.74, 6) is 0. The van der Waals surface area contributed by atoms with Gasteiger partial charge in [-0.05, 0) is 58.8 Å². The van der Waals surface area contributed by atoms with Crippen LogP contribution in [0.25, 0.3) is 0 Å². The van der Waals surface area contributed by atoms with Gasteiger partial charge < -0.3 is 0 Å². The van der Waals surface area contributed by atoms with Gasteiger partial charge in [0.25, 0.3) is 0 Å². The zero-order valence-electron chi connectivity index (χ0n) is 22.3. The maximum Gasteiger partial charge on any atom is -0.0323 e. The van der Waals surface area contributed by atoms with Gasteiger partial charge in [0, 0.05) is 0 Å². The van der Waals surface area contributed by atoms with Crippen LogP contribution >= 0.6 is 0 Å². The molecule has 0 aliphatic carbocycles. The minimum absolute atomic E-state index is 1.27. The van der Waals surface area contributed by atoms with Crippen LogP contribution < -0.4 is 0 Å². The van der Waals surface area contributed by atoms with Gasteiger partial charge in [-0.15, -0.1) is 0 Å². The van der Waals surface area contributed by atoms with Crippen molar-refractivity contribution in [1.82, 2.24) is 0 Å². The van der Waals surface area contributed by atoms with Gasteiger partial charge in [-0.2, -0.15) is 0 Å². The van der Waals surface area contributed by atoms with Crippen LogP contribution in [-0.2, 0) is 0 Å². The standard InChI is InChI=1S/2C15H30/c2*1-4-6-8-9-10-11-12-14-15(3)13-7-5-2/h14H,4-13H2,1-3H3;13H,4-12,14H2,1-3H3. The van der Waals surface area contributed by atoms with E-state index < -0.39 is 0 Å². The summed E-state index contributed by atoms with van der Waals surface area (Å²) >= 11 is 0. The highest BCUT2D eigenvalue weighted by Gasteiger charge is 1.93. The van der Waals surface area contributed by atoms with Crippen LogP contribution in [0.15, 0.2) is 23.3 Å². The Bertz CT molecular complexity index is 360. The van der Waals surface area contributed by atoms with Crippen molar-refractivity contribution in [1.29, 1.82) is 0 Å². The Balaban J connectivity index is 0. The molecule has 0 heteroatoms. The molecule has 0 rings (SSSR count). The van der Waals surface area contributed by atoms with E-state index in [4.69, 9.17) is 0 Å². The molecule has 0 aromatic carbocycles. The molecular weight excluding hydrogens is 360 g/mol. The monoisotopic (exact) mass is 420 g/mol. The fourth-order valence-corrected chi connectivity index (χ4v) is 3.68. The molecular formula is C30H60. The lowest BCUT2D eigenvalue weighted by Gasteiger charge is -2.02. The van der Waals surface area contributed by atoms with E-state index in [0.29, 0.717) is 0 Å². The first-order chi connectivity index (χ1) is 14.6. The molecule has 0 unspecified atom stereocenters. The predicted octanol–water partition coefficient (Wildman–Crippen LogP) is 11.7. The molecule has 0 bridgehead atoms. The largest absolute Gasteiger partial charge is 0.0856 e. The van der Waals surface area contributed by atoms with Crippen LogP contribution in [0.1, 0.15) is 170 Å². The van der Waals surface area contributed by atoms with E-state index in [1.807, 2.05) is 0 Å². The summed E-state index contributed by atoms with van der Waals surface area (Å²) in [7, 11) is 0. The lowest BCUT2D eigenvalue weighted by atomic mass is 10.0. The fourth-order valence-electron chi connectivity index (χ4n) is 3.68. The smallest absolute Gasteiger partial charge is 0.0323 e. The Kier molecular flexibility index (Phi) is 30.1. The molecule has 0 N–H and O–H groups in total. The van der Waals surface area contributed by atoms with E-state index in [1.165, 1.54) is 128 Å². The van der Waals surface area contributed by atoms with E-state index in [9.17, 15) is 0 Å². The molecule has 0 saturated carbocycles. The summed E-state index contributed by atoms with van der Waals surface area (Å²) in [5.41, 5.74) is 3.20. The molecule has 30 heavy (non-hydrogen) atoms.